The molecule has 0 unspecified atom stereocenters. The summed E-state index contributed by atoms with van der Waals surface area (Å²) in [6, 6.07) is 9.39. The van der Waals surface area contributed by atoms with Crippen molar-refractivity contribution in [2.75, 3.05) is 7.11 Å². The van der Waals surface area contributed by atoms with Crippen LogP contribution >= 0.6 is 0 Å². The van der Waals surface area contributed by atoms with Crippen LogP contribution in [-0.4, -0.2) is 34.6 Å². The van der Waals surface area contributed by atoms with E-state index in [1.807, 2.05) is 41.1 Å². The number of carbonyl (C=O) groups excluding carboxylic acids is 2. The second-order valence-electron chi connectivity index (χ2n) is 5.03. The molecule has 0 aliphatic heterocycles. The van der Waals surface area contributed by atoms with Crippen molar-refractivity contribution in [3.05, 3.63) is 54.1 Å². The smallest absolute Gasteiger partial charge is 0.407 e. The Morgan fingerprint density at radius 1 is 1.32 bits per heavy atom. The number of aromatic nitrogens is 2. The Morgan fingerprint density at radius 3 is 2.68 bits per heavy atom. The van der Waals surface area contributed by atoms with E-state index in [1.165, 1.54) is 19.6 Å². The highest BCUT2D eigenvalue weighted by atomic mass is 16.5. The lowest BCUT2D eigenvalue weighted by atomic mass is 10.1. The Morgan fingerprint density at radius 2 is 2.05 bits per heavy atom. The van der Waals surface area contributed by atoms with Gasteiger partial charge in [0.25, 0.3) is 0 Å². The summed E-state index contributed by atoms with van der Waals surface area (Å²) in [7, 11) is 1.26. The number of Topliss-reactive ketones (excluding diaryl/α,β-unsaturated/α-hetero) is 1. The number of nitrogens with one attached hydrogen (secondary N) is 1. The van der Waals surface area contributed by atoms with Crippen LogP contribution in [0.5, 0.6) is 0 Å². The predicted octanol–water partition coefficient (Wildman–Crippen LogP) is 1.79. The van der Waals surface area contributed by atoms with Crippen molar-refractivity contribution in [3.63, 3.8) is 0 Å². The third-order valence-corrected chi connectivity index (χ3v) is 3.28. The topological polar surface area (TPSA) is 73.2 Å². The van der Waals surface area contributed by atoms with Gasteiger partial charge < -0.3 is 14.6 Å². The van der Waals surface area contributed by atoms with Crippen molar-refractivity contribution in [3.8, 4) is 0 Å². The number of alkyl carbamates (subject to hydrolysis) is 1. The zero-order valence-electron chi connectivity index (χ0n) is 12.7. The monoisotopic (exact) mass is 301 g/mol. The Hall–Kier alpha value is -2.63. The van der Waals surface area contributed by atoms with Crippen molar-refractivity contribution in [1.29, 1.82) is 0 Å². The minimum atomic E-state index is -0.632. The fourth-order valence-electron chi connectivity index (χ4n) is 2.10. The van der Waals surface area contributed by atoms with E-state index in [-0.39, 0.29) is 5.78 Å². The molecule has 1 N–H and O–H groups in total. The summed E-state index contributed by atoms with van der Waals surface area (Å²) < 4.78 is 6.47. The van der Waals surface area contributed by atoms with Crippen molar-refractivity contribution in [2.45, 2.75) is 25.9 Å². The van der Waals surface area contributed by atoms with E-state index in [9.17, 15) is 9.59 Å². The van der Waals surface area contributed by atoms with E-state index < -0.39 is 12.1 Å². The SMILES string of the molecule is COC(=O)N[C@@H](Cc1cn(Cc2ccccc2)cn1)C(C)=O. The van der Waals surface area contributed by atoms with Gasteiger partial charge in [-0.15, -0.1) is 0 Å². The van der Waals surface area contributed by atoms with Crippen LogP contribution in [0.1, 0.15) is 18.2 Å². The molecule has 0 spiro atoms. The molecular formula is C16H19N3O3. The number of nitrogens with zero attached hydrogens (tertiary/aromatic N) is 2. The molecule has 6 nitrogen and oxygen atoms in total. The molecule has 2 rings (SSSR count). The summed E-state index contributed by atoms with van der Waals surface area (Å²) in [4.78, 5) is 27.1. The first-order chi connectivity index (χ1) is 10.6. The maximum Gasteiger partial charge on any atom is 0.407 e. The molecule has 6 heteroatoms. The zero-order valence-corrected chi connectivity index (χ0v) is 12.7. The molecule has 0 aliphatic carbocycles. The van der Waals surface area contributed by atoms with Gasteiger partial charge in [0.15, 0.2) is 5.78 Å². The molecule has 2 aromatic rings. The van der Waals surface area contributed by atoms with Crippen LogP contribution in [0.25, 0.3) is 0 Å². The molecule has 0 saturated carbocycles. The van der Waals surface area contributed by atoms with Crippen LogP contribution < -0.4 is 5.32 Å². The van der Waals surface area contributed by atoms with Gasteiger partial charge >= 0.3 is 6.09 Å². The minimum Gasteiger partial charge on any atom is -0.453 e. The van der Waals surface area contributed by atoms with Gasteiger partial charge in [0.2, 0.25) is 0 Å². The number of imidazole rings is 1. The van der Waals surface area contributed by atoms with Crippen molar-refractivity contribution in [2.24, 2.45) is 0 Å². The van der Waals surface area contributed by atoms with Gasteiger partial charge in [-0.2, -0.15) is 0 Å². The molecule has 116 valence electrons. The normalized spacial score (nSPS) is 11.7. The van der Waals surface area contributed by atoms with Crippen molar-refractivity contribution in [1.82, 2.24) is 14.9 Å². The molecule has 1 aromatic carbocycles. The average Bonchev–Trinajstić information content (AvgIpc) is 2.94. The van der Waals surface area contributed by atoms with Crippen LogP contribution in [0.3, 0.4) is 0 Å². The van der Waals surface area contributed by atoms with E-state index in [1.54, 1.807) is 6.33 Å². The van der Waals surface area contributed by atoms with E-state index in [0.29, 0.717) is 13.0 Å². The number of hydrogen-bond donors (Lipinski definition) is 1. The Labute approximate surface area is 129 Å². The number of ether oxygens (including phenoxy) is 1. The molecule has 0 aliphatic rings. The van der Waals surface area contributed by atoms with Gasteiger partial charge in [-0.1, -0.05) is 30.3 Å². The van der Waals surface area contributed by atoms with Crippen LogP contribution in [0.2, 0.25) is 0 Å². The summed E-state index contributed by atoms with van der Waals surface area (Å²) in [6.07, 6.45) is 3.31. The highest BCUT2D eigenvalue weighted by Gasteiger charge is 2.19. The van der Waals surface area contributed by atoms with E-state index >= 15 is 0 Å². The molecule has 1 amide bonds. The number of rotatable bonds is 6. The van der Waals surface area contributed by atoms with E-state index in [0.717, 1.165) is 5.69 Å². The Bertz CT molecular complexity index is 637. The fraction of sp³-hybridized carbons (Fsp3) is 0.312. The first kappa shape index (κ1) is 15.8. The van der Waals surface area contributed by atoms with Gasteiger partial charge in [0.05, 0.1) is 25.2 Å². The summed E-state index contributed by atoms with van der Waals surface area (Å²) >= 11 is 0. The van der Waals surface area contributed by atoms with Gasteiger partial charge in [-0.05, 0) is 12.5 Å². The number of amides is 1. The molecule has 0 fully saturated rings. The lowest BCUT2D eigenvalue weighted by Gasteiger charge is -2.13. The molecular weight excluding hydrogens is 282 g/mol. The van der Waals surface area contributed by atoms with Gasteiger partial charge in [0.1, 0.15) is 0 Å². The number of ketones is 1. The number of carbonyl (C=O) groups is 2. The summed E-state index contributed by atoms with van der Waals surface area (Å²) in [5.41, 5.74) is 1.91. The molecule has 1 aromatic heterocycles. The quantitative estimate of drug-likeness (QED) is 0.883. The molecule has 0 bridgehead atoms. The lowest BCUT2D eigenvalue weighted by molar-refractivity contribution is -0.118. The van der Waals surface area contributed by atoms with Crippen LogP contribution in [0.4, 0.5) is 4.79 Å². The second-order valence-corrected chi connectivity index (χ2v) is 5.03. The largest absolute Gasteiger partial charge is 0.453 e. The molecule has 0 saturated heterocycles. The predicted molar refractivity (Wildman–Crippen MR) is 81.5 cm³/mol. The first-order valence-corrected chi connectivity index (χ1v) is 6.98. The van der Waals surface area contributed by atoms with E-state index in [4.69, 9.17) is 0 Å². The zero-order chi connectivity index (χ0) is 15.9. The van der Waals surface area contributed by atoms with Crippen molar-refractivity contribution >= 4 is 11.9 Å². The van der Waals surface area contributed by atoms with Gasteiger partial charge in [0, 0.05) is 19.2 Å². The summed E-state index contributed by atoms with van der Waals surface area (Å²) in [6.45, 7) is 2.14. The third kappa shape index (κ3) is 4.44. The van der Waals surface area contributed by atoms with Crippen LogP contribution in [0.15, 0.2) is 42.9 Å². The number of hydrogen-bond acceptors (Lipinski definition) is 4. The fourth-order valence-corrected chi connectivity index (χ4v) is 2.10. The summed E-state index contributed by atoms with van der Waals surface area (Å²) in [5.74, 6) is -0.136. The Balaban J connectivity index is 2.00. The minimum absolute atomic E-state index is 0.136. The molecule has 1 heterocycles. The molecule has 22 heavy (non-hydrogen) atoms. The van der Waals surface area contributed by atoms with Crippen LogP contribution in [0, 0.1) is 0 Å². The average molecular weight is 301 g/mol. The summed E-state index contributed by atoms with van der Waals surface area (Å²) in [5, 5.41) is 2.51. The van der Waals surface area contributed by atoms with E-state index in [2.05, 4.69) is 15.0 Å². The maximum atomic E-state index is 11.6. The first-order valence-electron chi connectivity index (χ1n) is 6.98. The number of benzene rings is 1. The third-order valence-electron chi connectivity index (χ3n) is 3.28. The Kier molecular flexibility index (Phi) is 5.30. The van der Waals surface area contributed by atoms with Gasteiger partial charge in [-0.3, -0.25) is 4.79 Å². The maximum absolute atomic E-state index is 11.6. The highest BCUT2D eigenvalue weighted by Crippen LogP contribution is 2.06. The number of methoxy groups -OCH3 is 1. The lowest BCUT2D eigenvalue weighted by Crippen LogP contribution is -2.41. The van der Waals surface area contributed by atoms with Crippen LogP contribution in [-0.2, 0) is 22.5 Å². The molecule has 1 atom stereocenters. The van der Waals surface area contributed by atoms with Gasteiger partial charge in [-0.25, -0.2) is 9.78 Å². The highest BCUT2D eigenvalue weighted by molar-refractivity contribution is 5.85. The molecule has 0 radical (unpaired) electrons. The standard InChI is InChI=1S/C16H19N3O3/c1-12(20)15(18-16(21)22-2)8-14-10-19(11-17-14)9-13-6-4-3-5-7-13/h3-7,10-11,15H,8-9H2,1-2H3,(H,18,21)/t15-/m0/s1. The van der Waals surface area contributed by atoms with Crippen molar-refractivity contribution < 1.29 is 14.3 Å². The second kappa shape index (κ2) is 7.40.